The van der Waals surface area contributed by atoms with Crippen LogP contribution in [0.3, 0.4) is 0 Å². The Kier molecular flexibility index (Phi) is 5.07. The van der Waals surface area contributed by atoms with Gasteiger partial charge in [0.1, 0.15) is 5.82 Å². The first kappa shape index (κ1) is 18.5. The van der Waals surface area contributed by atoms with Crippen molar-refractivity contribution < 1.29 is 9.31 Å². The lowest BCUT2D eigenvalue weighted by Gasteiger charge is -2.05. The van der Waals surface area contributed by atoms with E-state index in [0.717, 1.165) is 37.9 Å². The van der Waals surface area contributed by atoms with Crippen molar-refractivity contribution in [3.05, 3.63) is 93.4 Å². The van der Waals surface area contributed by atoms with Crippen LogP contribution in [0, 0.1) is 15.9 Å². The molecule has 0 saturated carbocycles. The number of thiophene rings is 1. The number of nitrogens with zero attached hydrogens (tertiary/aromatic N) is 2. The lowest BCUT2D eigenvalue weighted by Crippen LogP contribution is -1.96. The number of halogens is 2. The van der Waals surface area contributed by atoms with Gasteiger partial charge in [-0.15, -0.1) is 22.9 Å². The second-order valence-corrected chi connectivity index (χ2v) is 7.65. The Morgan fingerprint density at radius 1 is 1.07 bits per heavy atom. The third-order valence-electron chi connectivity index (χ3n) is 4.51. The van der Waals surface area contributed by atoms with E-state index in [-0.39, 0.29) is 5.69 Å². The summed E-state index contributed by atoms with van der Waals surface area (Å²) in [6.45, 7) is 0. The molecular weight excluding hydrogens is 399 g/mol. The topological polar surface area (TPSA) is 56.0 Å². The Labute approximate surface area is 169 Å². The van der Waals surface area contributed by atoms with Crippen LogP contribution in [0.4, 0.5) is 10.1 Å². The van der Waals surface area contributed by atoms with Crippen LogP contribution in [0.2, 0.25) is 0 Å². The summed E-state index contributed by atoms with van der Waals surface area (Å²) in [7, 11) is 0. The average molecular weight is 413 g/mol. The van der Waals surface area contributed by atoms with E-state index in [1.165, 1.54) is 12.1 Å². The van der Waals surface area contributed by atoms with Gasteiger partial charge in [0, 0.05) is 29.4 Å². The average Bonchev–Trinajstić information content (AvgIpc) is 3.14. The normalized spacial score (nSPS) is 11.1. The van der Waals surface area contributed by atoms with Crippen LogP contribution < -0.4 is 0 Å². The van der Waals surface area contributed by atoms with Gasteiger partial charge < -0.3 is 0 Å². The first-order valence-electron chi connectivity index (χ1n) is 8.50. The summed E-state index contributed by atoms with van der Waals surface area (Å²) >= 11 is 7.45. The van der Waals surface area contributed by atoms with Crippen LogP contribution >= 0.6 is 22.9 Å². The summed E-state index contributed by atoms with van der Waals surface area (Å²) in [6.07, 6.45) is 2.04. The van der Waals surface area contributed by atoms with Crippen LogP contribution in [0.5, 0.6) is 0 Å². The number of nitro groups is 1. The first-order chi connectivity index (χ1) is 13.5. The number of hydrogen-bond donors (Lipinski definition) is 0. The molecule has 4 rings (SSSR count). The van der Waals surface area contributed by atoms with Gasteiger partial charge in [-0.05, 0) is 40.5 Å². The Bertz CT molecular complexity index is 1170. The standard InChI is InChI=1S/C21H14ClFN2O2S/c22-12-13-1-3-14(4-2-13)20-11-19-21(28-20)16(7-8-24-19)9-15-5-6-17(25(26)27)10-18(15)23/h1-8,10-11H,9,12H2. The van der Waals surface area contributed by atoms with Gasteiger partial charge in [-0.25, -0.2) is 4.39 Å². The minimum Gasteiger partial charge on any atom is -0.258 e. The number of non-ortho nitro benzene ring substituents is 1. The molecule has 140 valence electrons. The molecule has 2 aromatic heterocycles. The van der Waals surface area contributed by atoms with Crippen molar-refractivity contribution in [1.82, 2.24) is 4.98 Å². The van der Waals surface area contributed by atoms with Gasteiger partial charge in [-0.2, -0.15) is 0 Å². The zero-order valence-corrected chi connectivity index (χ0v) is 16.1. The van der Waals surface area contributed by atoms with Crippen molar-refractivity contribution in [2.45, 2.75) is 12.3 Å². The van der Waals surface area contributed by atoms with Gasteiger partial charge in [0.25, 0.3) is 5.69 Å². The molecule has 4 nitrogen and oxygen atoms in total. The molecule has 2 aromatic carbocycles. The number of pyridine rings is 1. The SMILES string of the molecule is O=[N+]([O-])c1ccc(Cc2ccnc3cc(-c4ccc(CCl)cc4)sc23)c(F)c1. The predicted molar refractivity (Wildman–Crippen MR) is 110 cm³/mol. The molecule has 0 atom stereocenters. The minimum atomic E-state index is -0.599. The number of nitro benzene ring substituents is 1. The van der Waals surface area contributed by atoms with Gasteiger partial charge in [-0.1, -0.05) is 24.3 Å². The molecule has 7 heteroatoms. The van der Waals surface area contributed by atoms with Crippen LogP contribution in [0.25, 0.3) is 20.7 Å². The molecule has 0 radical (unpaired) electrons. The van der Waals surface area contributed by atoms with Crippen molar-refractivity contribution in [3.63, 3.8) is 0 Å². The predicted octanol–water partition coefficient (Wildman–Crippen LogP) is 6.34. The maximum absolute atomic E-state index is 14.3. The summed E-state index contributed by atoms with van der Waals surface area (Å²) in [6, 6.07) is 15.7. The van der Waals surface area contributed by atoms with E-state index in [1.54, 1.807) is 17.5 Å². The lowest BCUT2D eigenvalue weighted by molar-refractivity contribution is -0.385. The highest BCUT2D eigenvalue weighted by molar-refractivity contribution is 7.22. The number of rotatable bonds is 5. The summed E-state index contributed by atoms with van der Waals surface area (Å²) in [5.41, 5.74) is 4.08. The monoisotopic (exact) mass is 412 g/mol. The van der Waals surface area contributed by atoms with Gasteiger partial charge in [0.05, 0.1) is 21.2 Å². The molecule has 0 amide bonds. The highest BCUT2D eigenvalue weighted by atomic mass is 35.5. The molecule has 28 heavy (non-hydrogen) atoms. The smallest absolute Gasteiger partial charge is 0.258 e. The maximum atomic E-state index is 14.3. The van der Waals surface area contributed by atoms with E-state index >= 15 is 0 Å². The molecule has 0 unspecified atom stereocenters. The van der Waals surface area contributed by atoms with E-state index in [9.17, 15) is 14.5 Å². The fourth-order valence-corrected chi connectivity index (χ4v) is 4.34. The van der Waals surface area contributed by atoms with E-state index in [1.807, 2.05) is 36.4 Å². The van der Waals surface area contributed by atoms with Crippen LogP contribution in [-0.2, 0) is 12.3 Å². The van der Waals surface area contributed by atoms with Crippen LogP contribution in [-0.4, -0.2) is 9.91 Å². The lowest BCUT2D eigenvalue weighted by atomic mass is 10.0. The van der Waals surface area contributed by atoms with Gasteiger partial charge >= 0.3 is 0 Å². The van der Waals surface area contributed by atoms with Crippen LogP contribution in [0.15, 0.2) is 60.8 Å². The molecule has 0 N–H and O–H groups in total. The summed E-state index contributed by atoms with van der Waals surface area (Å²) in [5.74, 6) is -0.105. The molecule has 0 saturated heterocycles. The van der Waals surface area contributed by atoms with Crippen molar-refractivity contribution >= 4 is 38.8 Å². The third kappa shape index (κ3) is 3.61. The van der Waals surface area contributed by atoms with E-state index in [0.29, 0.717) is 17.9 Å². The molecule has 0 aliphatic heterocycles. The van der Waals surface area contributed by atoms with Crippen molar-refractivity contribution in [1.29, 1.82) is 0 Å². The Morgan fingerprint density at radius 3 is 2.54 bits per heavy atom. The largest absolute Gasteiger partial charge is 0.272 e. The fraction of sp³-hybridized carbons (Fsp3) is 0.0952. The molecule has 0 spiro atoms. The molecule has 0 bridgehead atoms. The Balaban J connectivity index is 1.70. The highest BCUT2D eigenvalue weighted by Crippen LogP contribution is 2.35. The Morgan fingerprint density at radius 2 is 1.86 bits per heavy atom. The maximum Gasteiger partial charge on any atom is 0.272 e. The van der Waals surface area contributed by atoms with Crippen molar-refractivity contribution in [2.75, 3.05) is 0 Å². The number of aromatic nitrogens is 1. The second kappa shape index (κ2) is 7.66. The Hall–Kier alpha value is -2.83. The zero-order valence-electron chi connectivity index (χ0n) is 14.6. The number of alkyl halides is 1. The summed E-state index contributed by atoms with van der Waals surface area (Å²) in [5, 5.41) is 10.8. The second-order valence-electron chi connectivity index (χ2n) is 6.34. The molecule has 0 aliphatic carbocycles. The van der Waals surface area contributed by atoms with Crippen molar-refractivity contribution in [2.24, 2.45) is 0 Å². The quantitative estimate of drug-likeness (QED) is 0.218. The number of fused-ring (bicyclic) bond motifs is 1. The molecule has 0 fully saturated rings. The van der Waals surface area contributed by atoms with Gasteiger partial charge in [-0.3, -0.25) is 15.1 Å². The minimum absolute atomic E-state index is 0.250. The summed E-state index contributed by atoms with van der Waals surface area (Å²) in [4.78, 5) is 15.7. The van der Waals surface area contributed by atoms with Crippen LogP contribution in [0.1, 0.15) is 16.7 Å². The van der Waals surface area contributed by atoms with E-state index < -0.39 is 10.7 Å². The molecule has 4 aromatic rings. The van der Waals surface area contributed by atoms with Gasteiger partial charge in [0.2, 0.25) is 0 Å². The number of benzene rings is 2. The molecular formula is C21H14ClFN2O2S. The zero-order chi connectivity index (χ0) is 19.7. The first-order valence-corrected chi connectivity index (χ1v) is 9.86. The third-order valence-corrected chi connectivity index (χ3v) is 6.07. The van der Waals surface area contributed by atoms with Gasteiger partial charge in [0.15, 0.2) is 0 Å². The van der Waals surface area contributed by atoms with Crippen molar-refractivity contribution in [3.8, 4) is 10.4 Å². The molecule has 0 aliphatic rings. The number of hydrogen-bond acceptors (Lipinski definition) is 4. The summed E-state index contributed by atoms with van der Waals surface area (Å²) < 4.78 is 15.3. The fourth-order valence-electron chi connectivity index (χ4n) is 3.03. The molecule has 2 heterocycles. The van der Waals surface area contributed by atoms with E-state index in [2.05, 4.69) is 4.98 Å². The highest BCUT2D eigenvalue weighted by Gasteiger charge is 2.14. The van der Waals surface area contributed by atoms with E-state index in [4.69, 9.17) is 11.6 Å².